The number of aryl methyl sites for hydroxylation is 1. The van der Waals surface area contributed by atoms with E-state index in [0.29, 0.717) is 6.42 Å². The Balaban J connectivity index is 1.88. The molecule has 1 aliphatic rings. The molecule has 1 atom stereocenters. The molecule has 0 radical (unpaired) electrons. The predicted molar refractivity (Wildman–Crippen MR) is 57.4 cm³/mol. The summed E-state index contributed by atoms with van der Waals surface area (Å²) in [5.74, 6) is 0.228. The number of halogens is 1. The summed E-state index contributed by atoms with van der Waals surface area (Å²) in [6.07, 6.45) is 5.37. The standard InChI is InChI=1S/C11H18FN3/c1-15-8-9(7-14-15)6-11(12)10-2-4-13-5-3-10/h7-8,10-11,13H,2-6H2,1H3. The fourth-order valence-electron chi connectivity index (χ4n) is 2.18. The lowest BCUT2D eigenvalue weighted by molar-refractivity contribution is 0.187. The van der Waals surface area contributed by atoms with Crippen LogP contribution in [0.2, 0.25) is 0 Å². The Bertz CT molecular complexity index is 305. The molecule has 1 aliphatic heterocycles. The van der Waals surface area contributed by atoms with Crippen molar-refractivity contribution in [1.29, 1.82) is 0 Å². The molecule has 15 heavy (non-hydrogen) atoms. The Morgan fingerprint density at radius 2 is 2.33 bits per heavy atom. The summed E-state index contributed by atoms with van der Waals surface area (Å²) in [7, 11) is 1.86. The quantitative estimate of drug-likeness (QED) is 0.816. The fourth-order valence-corrected chi connectivity index (χ4v) is 2.18. The number of piperidine rings is 1. The van der Waals surface area contributed by atoms with Crippen molar-refractivity contribution in [1.82, 2.24) is 15.1 Å². The van der Waals surface area contributed by atoms with Crippen LogP contribution in [-0.2, 0) is 13.5 Å². The fraction of sp³-hybridized carbons (Fsp3) is 0.727. The minimum absolute atomic E-state index is 0.228. The zero-order valence-corrected chi connectivity index (χ0v) is 9.12. The highest BCUT2D eigenvalue weighted by atomic mass is 19.1. The van der Waals surface area contributed by atoms with Crippen molar-refractivity contribution in [3.63, 3.8) is 0 Å². The van der Waals surface area contributed by atoms with Crippen molar-refractivity contribution < 1.29 is 4.39 Å². The van der Waals surface area contributed by atoms with Crippen LogP contribution in [0.3, 0.4) is 0 Å². The van der Waals surface area contributed by atoms with Gasteiger partial charge in [-0.2, -0.15) is 5.10 Å². The molecule has 2 rings (SSSR count). The van der Waals surface area contributed by atoms with Crippen LogP contribution >= 0.6 is 0 Å². The molecule has 4 heteroatoms. The Labute approximate surface area is 89.7 Å². The van der Waals surface area contributed by atoms with E-state index >= 15 is 0 Å². The van der Waals surface area contributed by atoms with Gasteiger partial charge in [-0.1, -0.05) is 0 Å². The van der Waals surface area contributed by atoms with Crippen LogP contribution in [0.4, 0.5) is 4.39 Å². The summed E-state index contributed by atoms with van der Waals surface area (Å²) in [5, 5.41) is 7.31. The summed E-state index contributed by atoms with van der Waals surface area (Å²) >= 11 is 0. The Kier molecular flexibility index (Phi) is 3.36. The number of nitrogens with zero attached hydrogens (tertiary/aromatic N) is 2. The normalized spacial score (nSPS) is 20.4. The van der Waals surface area contributed by atoms with Crippen LogP contribution in [0.15, 0.2) is 12.4 Å². The Morgan fingerprint density at radius 1 is 1.60 bits per heavy atom. The summed E-state index contributed by atoms with van der Waals surface area (Å²) < 4.78 is 15.6. The monoisotopic (exact) mass is 211 g/mol. The van der Waals surface area contributed by atoms with E-state index in [-0.39, 0.29) is 5.92 Å². The van der Waals surface area contributed by atoms with E-state index in [0.717, 1.165) is 31.5 Å². The number of rotatable bonds is 3. The van der Waals surface area contributed by atoms with Gasteiger partial charge in [0.2, 0.25) is 0 Å². The Hall–Kier alpha value is -0.900. The van der Waals surface area contributed by atoms with Gasteiger partial charge < -0.3 is 5.32 Å². The van der Waals surface area contributed by atoms with Crippen molar-refractivity contribution in [2.45, 2.75) is 25.4 Å². The average molecular weight is 211 g/mol. The maximum absolute atomic E-state index is 13.9. The van der Waals surface area contributed by atoms with E-state index in [9.17, 15) is 4.39 Å². The van der Waals surface area contributed by atoms with E-state index in [1.165, 1.54) is 0 Å². The first-order valence-corrected chi connectivity index (χ1v) is 5.58. The first kappa shape index (κ1) is 10.6. The van der Waals surface area contributed by atoms with Crippen LogP contribution in [0, 0.1) is 5.92 Å². The second-order valence-corrected chi connectivity index (χ2v) is 4.33. The number of hydrogen-bond acceptors (Lipinski definition) is 2. The van der Waals surface area contributed by atoms with Crippen LogP contribution in [-0.4, -0.2) is 29.0 Å². The van der Waals surface area contributed by atoms with Crippen LogP contribution in [0.25, 0.3) is 0 Å². The van der Waals surface area contributed by atoms with Crippen molar-refractivity contribution in [3.05, 3.63) is 18.0 Å². The molecule has 1 saturated heterocycles. The summed E-state index contributed by atoms with van der Waals surface area (Å²) in [6, 6.07) is 0. The van der Waals surface area contributed by atoms with E-state index in [2.05, 4.69) is 10.4 Å². The first-order valence-electron chi connectivity index (χ1n) is 5.58. The zero-order valence-electron chi connectivity index (χ0n) is 9.12. The van der Waals surface area contributed by atoms with Gasteiger partial charge in [-0.05, 0) is 37.4 Å². The van der Waals surface area contributed by atoms with Gasteiger partial charge in [0.15, 0.2) is 0 Å². The molecular weight excluding hydrogens is 193 g/mol. The van der Waals surface area contributed by atoms with Gasteiger partial charge in [0.1, 0.15) is 6.17 Å². The lowest BCUT2D eigenvalue weighted by Crippen LogP contribution is -2.33. The second-order valence-electron chi connectivity index (χ2n) is 4.33. The molecule has 0 saturated carbocycles. The molecule has 1 aromatic rings. The van der Waals surface area contributed by atoms with E-state index in [1.807, 2.05) is 13.2 Å². The lowest BCUT2D eigenvalue weighted by Gasteiger charge is -2.25. The molecule has 0 aliphatic carbocycles. The van der Waals surface area contributed by atoms with E-state index in [1.54, 1.807) is 10.9 Å². The third-order valence-electron chi connectivity index (χ3n) is 3.08. The lowest BCUT2D eigenvalue weighted by atomic mass is 9.90. The number of alkyl halides is 1. The van der Waals surface area contributed by atoms with Gasteiger partial charge in [0.05, 0.1) is 6.20 Å². The smallest absolute Gasteiger partial charge is 0.107 e. The summed E-state index contributed by atoms with van der Waals surface area (Å²) in [5.41, 5.74) is 1.00. The molecule has 1 unspecified atom stereocenters. The number of aromatic nitrogens is 2. The number of nitrogens with one attached hydrogen (secondary N) is 1. The van der Waals surface area contributed by atoms with Crippen LogP contribution in [0.1, 0.15) is 18.4 Å². The first-order chi connectivity index (χ1) is 7.25. The molecule has 2 heterocycles. The van der Waals surface area contributed by atoms with Gasteiger partial charge in [-0.15, -0.1) is 0 Å². The van der Waals surface area contributed by atoms with Crippen LogP contribution < -0.4 is 5.32 Å². The maximum atomic E-state index is 13.9. The highest BCUT2D eigenvalue weighted by Gasteiger charge is 2.23. The molecule has 0 bridgehead atoms. The second kappa shape index (κ2) is 4.75. The third kappa shape index (κ3) is 2.78. The molecule has 0 aromatic carbocycles. The van der Waals surface area contributed by atoms with E-state index < -0.39 is 6.17 Å². The maximum Gasteiger partial charge on any atom is 0.107 e. The van der Waals surface area contributed by atoms with Crippen molar-refractivity contribution in [2.24, 2.45) is 13.0 Å². The van der Waals surface area contributed by atoms with Crippen LogP contribution in [0.5, 0.6) is 0 Å². The van der Waals surface area contributed by atoms with Gasteiger partial charge in [-0.3, -0.25) is 4.68 Å². The average Bonchev–Trinajstić information content (AvgIpc) is 2.65. The molecule has 1 aromatic heterocycles. The number of hydrogen-bond donors (Lipinski definition) is 1. The van der Waals surface area contributed by atoms with Gasteiger partial charge in [0.25, 0.3) is 0 Å². The minimum Gasteiger partial charge on any atom is -0.317 e. The summed E-state index contributed by atoms with van der Waals surface area (Å²) in [4.78, 5) is 0. The molecular formula is C11H18FN3. The SMILES string of the molecule is Cn1cc(CC(F)C2CCNCC2)cn1. The van der Waals surface area contributed by atoms with Crippen molar-refractivity contribution in [2.75, 3.05) is 13.1 Å². The highest BCUT2D eigenvalue weighted by molar-refractivity contribution is 5.05. The molecule has 84 valence electrons. The van der Waals surface area contributed by atoms with Gasteiger partial charge in [0, 0.05) is 19.7 Å². The van der Waals surface area contributed by atoms with E-state index in [4.69, 9.17) is 0 Å². The molecule has 3 nitrogen and oxygen atoms in total. The third-order valence-corrected chi connectivity index (χ3v) is 3.08. The molecule has 1 N–H and O–H groups in total. The topological polar surface area (TPSA) is 29.9 Å². The zero-order chi connectivity index (χ0) is 10.7. The Morgan fingerprint density at radius 3 is 2.93 bits per heavy atom. The predicted octanol–water partition coefficient (Wildman–Crippen LogP) is 1.30. The highest BCUT2D eigenvalue weighted by Crippen LogP contribution is 2.22. The van der Waals surface area contributed by atoms with Gasteiger partial charge in [-0.25, -0.2) is 4.39 Å². The molecule has 0 spiro atoms. The molecule has 1 fully saturated rings. The molecule has 0 amide bonds. The summed E-state index contributed by atoms with van der Waals surface area (Å²) in [6.45, 7) is 1.91. The van der Waals surface area contributed by atoms with Crippen molar-refractivity contribution in [3.8, 4) is 0 Å². The van der Waals surface area contributed by atoms with Crippen molar-refractivity contribution >= 4 is 0 Å². The largest absolute Gasteiger partial charge is 0.317 e. The van der Waals surface area contributed by atoms with Gasteiger partial charge >= 0.3 is 0 Å². The minimum atomic E-state index is -0.712.